The Morgan fingerprint density at radius 3 is 2.43 bits per heavy atom. The smallest absolute Gasteiger partial charge is 0.270 e. The number of amides is 1. The molecule has 148 valence electrons. The molecule has 0 bridgehead atoms. The van der Waals surface area contributed by atoms with Crippen LogP contribution in [-0.4, -0.2) is 23.7 Å². The number of nitro benzene ring substituents is 1. The predicted octanol–water partition coefficient (Wildman–Crippen LogP) is 3.86. The molecular formula is C21H24N2O5. The van der Waals surface area contributed by atoms with E-state index < -0.39 is 4.92 Å². The zero-order valence-corrected chi connectivity index (χ0v) is 16.2. The molecule has 0 aliphatic carbocycles. The Morgan fingerprint density at radius 1 is 1.18 bits per heavy atom. The van der Waals surface area contributed by atoms with Crippen molar-refractivity contribution in [1.82, 2.24) is 5.32 Å². The second-order valence-electron chi connectivity index (χ2n) is 7.01. The highest BCUT2D eigenvalue weighted by Crippen LogP contribution is 2.23. The van der Waals surface area contributed by atoms with E-state index in [1.807, 2.05) is 19.1 Å². The number of nitrogens with zero attached hydrogens (tertiary/aromatic N) is 1. The maximum absolute atomic E-state index is 12.2. The molecule has 28 heavy (non-hydrogen) atoms. The third-order valence-electron chi connectivity index (χ3n) is 4.19. The van der Waals surface area contributed by atoms with Crippen LogP contribution in [0.4, 0.5) is 5.69 Å². The Kier molecular flexibility index (Phi) is 7.26. The van der Waals surface area contributed by atoms with Gasteiger partial charge in [-0.3, -0.25) is 19.7 Å². The molecule has 7 heteroatoms. The van der Waals surface area contributed by atoms with Gasteiger partial charge in [-0.15, -0.1) is 0 Å². The van der Waals surface area contributed by atoms with Gasteiger partial charge in [-0.1, -0.05) is 38.1 Å². The van der Waals surface area contributed by atoms with Crippen molar-refractivity contribution in [2.24, 2.45) is 5.92 Å². The first-order valence-electron chi connectivity index (χ1n) is 9.04. The van der Waals surface area contributed by atoms with Crippen LogP contribution < -0.4 is 10.1 Å². The lowest BCUT2D eigenvalue weighted by Gasteiger charge is -2.16. The highest BCUT2D eigenvalue weighted by atomic mass is 16.6. The minimum absolute atomic E-state index is 0.0239. The maximum Gasteiger partial charge on any atom is 0.270 e. The number of non-ortho nitro benzene ring substituents is 1. The second kappa shape index (κ2) is 9.64. The average molecular weight is 384 g/mol. The van der Waals surface area contributed by atoms with Crippen LogP contribution in [0.3, 0.4) is 0 Å². The molecule has 1 N–H and O–H groups in total. The van der Waals surface area contributed by atoms with Gasteiger partial charge in [0.25, 0.3) is 11.6 Å². The van der Waals surface area contributed by atoms with E-state index in [2.05, 4.69) is 31.3 Å². The molecular weight excluding hydrogens is 360 g/mol. The van der Waals surface area contributed by atoms with Gasteiger partial charge in [0.1, 0.15) is 5.75 Å². The van der Waals surface area contributed by atoms with Gasteiger partial charge in [-0.25, -0.2) is 0 Å². The Morgan fingerprint density at radius 2 is 1.86 bits per heavy atom. The summed E-state index contributed by atoms with van der Waals surface area (Å²) in [6.07, 6.45) is 1.46. The molecule has 0 radical (unpaired) electrons. The van der Waals surface area contributed by atoms with Crippen LogP contribution in [0.5, 0.6) is 5.75 Å². The normalized spacial score (nSPS) is 11.7. The van der Waals surface area contributed by atoms with Crippen molar-refractivity contribution in [2.75, 3.05) is 6.61 Å². The molecule has 0 aliphatic rings. The van der Waals surface area contributed by atoms with Crippen LogP contribution >= 0.6 is 0 Å². The summed E-state index contributed by atoms with van der Waals surface area (Å²) in [6.45, 7) is 5.90. The molecule has 2 aromatic carbocycles. The van der Waals surface area contributed by atoms with Gasteiger partial charge in [0.05, 0.1) is 16.5 Å². The number of ether oxygens (including phenoxy) is 1. The van der Waals surface area contributed by atoms with Gasteiger partial charge in [-0.05, 0) is 36.5 Å². The molecule has 1 amide bonds. The molecule has 0 heterocycles. The van der Waals surface area contributed by atoms with E-state index in [4.69, 9.17) is 4.74 Å². The largest absolute Gasteiger partial charge is 0.483 e. The summed E-state index contributed by atoms with van der Waals surface area (Å²) in [6, 6.07) is 11.5. The molecule has 0 unspecified atom stereocenters. The summed E-state index contributed by atoms with van der Waals surface area (Å²) in [4.78, 5) is 33.4. The monoisotopic (exact) mass is 384 g/mol. The maximum atomic E-state index is 12.2. The lowest BCUT2D eigenvalue weighted by atomic mass is 10.00. The van der Waals surface area contributed by atoms with Crippen LogP contribution in [0.1, 0.15) is 48.3 Å². The number of hydrogen-bond acceptors (Lipinski definition) is 5. The summed E-state index contributed by atoms with van der Waals surface area (Å²) in [7, 11) is 0. The SMILES string of the molecule is CC(C)Cc1ccc([C@H](C)NC(=O)COc2ccc([N+](=O)[O-])cc2C=O)cc1. The Bertz CT molecular complexity index is 846. The Hall–Kier alpha value is -3.22. The highest BCUT2D eigenvalue weighted by molar-refractivity contribution is 5.82. The van der Waals surface area contributed by atoms with Crippen molar-refractivity contribution in [2.45, 2.75) is 33.2 Å². The minimum atomic E-state index is -0.600. The lowest BCUT2D eigenvalue weighted by Crippen LogP contribution is -2.31. The molecule has 0 spiro atoms. The number of carbonyl (C=O) groups is 2. The minimum Gasteiger partial charge on any atom is -0.483 e. The van der Waals surface area contributed by atoms with Crippen molar-refractivity contribution in [1.29, 1.82) is 0 Å². The fourth-order valence-electron chi connectivity index (χ4n) is 2.80. The second-order valence-corrected chi connectivity index (χ2v) is 7.01. The van der Waals surface area contributed by atoms with E-state index in [-0.39, 0.29) is 35.6 Å². The van der Waals surface area contributed by atoms with E-state index in [0.717, 1.165) is 18.1 Å². The molecule has 1 atom stereocenters. The van der Waals surface area contributed by atoms with Crippen molar-refractivity contribution >= 4 is 17.9 Å². The standard InChI is InChI=1S/C21H24N2O5/c1-14(2)10-16-4-6-17(7-5-16)15(3)22-21(25)13-28-20-9-8-19(23(26)27)11-18(20)12-24/h4-9,11-12,14-15H,10,13H2,1-3H3,(H,22,25)/t15-/m0/s1. The summed E-state index contributed by atoms with van der Waals surface area (Å²) in [5, 5.41) is 13.6. The zero-order chi connectivity index (χ0) is 20.7. The summed E-state index contributed by atoms with van der Waals surface area (Å²) in [5.74, 6) is 0.353. The first-order valence-corrected chi connectivity index (χ1v) is 9.04. The molecule has 0 aromatic heterocycles. The van der Waals surface area contributed by atoms with E-state index >= 15 is 0 Å². The number of carbonyl (C=O) groups excluding carboxylic acids is 2. The zero-order valence-electron chi connectivity index (χ0n) is 16.2. The molecule has 7 nitrogen and oxygen atoms in total. The number of nitrogens with one attached hydrogen (secondary N) is 1. The van der Waals surface area contributed by atoms with E-state index in [9.17, 15) is 19.7 Å². The molecule has 2 aromatic rings. The number of rotatable bonds is 9. The van der Waals surface area contributed by atoms with Crippen LogP contribution in [0, 0.1) is 16.0 Å². The van der Waals surface area contributed by atoms with Gasteiger partial charge in [0.2, 0.25) is 0 Å². The fraction of sp³-hybridized carbons (Fsp3) is 0.333. The van der Waals surface area contributed by atoms with Gasteiger partial charge in [0.15, 0.2) is 12.9 Å². The average Bonchev–Trinajstić information content (AvgIpc) is 2.66. The fourth-order valence-corrected chi connectivity index (χ4v) is 2.80. The van der Waals surface area contributed by atoms with Crippen LogP contribution in [0.15, 0.2) is 42.5 Å². The van der Waals surface area contributed by atoms with Crippen molar-refractivity contribution < 1.29 is 19.2 Å². The summed E-state index contributed by atoms with van der Waals surface area (Å²) < 4.78 is 5.36. The number of aldehydes is 1. The predicted molar refractivity (Wildman–Crippen MR) is 106 cm³/mol. The molecule has 0 aliphatic heterocycles. The topological polar surface area (TPSA) is 98.5 Å². The Labute approximate surface area is 163 Å². The molecule has 0 saturated heterocycles. The molecule has 2 rings (SSSR count). The first-order chi connectivity index (χ1) is 13.3. The molecule has 0 saturated carbocycles. The molecule has 0 fully saturated rings. The van der Waals surface area contributed by atoms with Crippen LogP contribution in [0.25, 0.3) is 0 Å². The van der Waals surface area contributed by atoms with Crippen molar-refractivity contribution in [3.05, 3.63) is 69.3 Å². The van der Waals surface area contributed by atoms with Gasteiger partial charge in [0, 0.05) is 12.1 Å². The van der Waals surface area contributed by atoms with Gasteiger partial charge < -0.3 is 10.1 Å². The number of benzene rings is 2. The lowest BCUT2D eigenvalue weighted by molar-refractivity contribution is -0.384. The number of nitro groups is 1. The first kappa shape index (κ1) is 21.1. The summed E-state index contributed by atoms with van der Waals surface area (Å²) >= 11 is 0. The third-order valence-corrected chi connectivity index (χ3v) is 4.19. The highest BCUT2D eigenvalue weighted by Gasteiger charge is 2.14. The summed E-state index contributed by atoms with van der Waals surface area (Å²) in [5.41, 5.74) is 2.04. The van der Waals surface area contributed by atoms with Crippen molar-refractivity contribution in [3.63, 3.8) is 0 Å². The van der Waals surface area contributed by atoms with Crippen LogP contribution in [-0.2, 0) is 11.2 Å². The van der Waals surface area contributed by atoms with Crippen molar-refractivity contribution in [3.8, 4) is 5.75 Å². The van der Waals surface area contributed by atoms with Crippen LogP contribution in [0.2, 0.25) is 0 Å². The number of hydrogen-bond donors (Lipinski definition) is 1. The van der Waals surface area contributed by atoms with Gasteiger partial charge >= 0.3 is 0 Å². The van der Waals surface area contributed by atoms with E-state index in [1.165, 1.54) is 17.7 Å². The Balaban J connectivity index is 1.93. The van der Waals surface area contributed by atoms with Gasteiger partial charge in [-0.2, -0.15) is 0 Å². The quantitative estimate of drug-likeness (QED) is 0.402. The van der Waals surface area contributed by atoms with E-state index in [0.29, 0.717) is 12.2 Å². The third kappa shape index (κ3) is 5.90. The van der Waals surface area contributed by atoms with E-state index in [1.54, 1.807) is 0 Å².